The number of hydrogen-bond acceptors (Lipinski definition) is 4. The molecule has 1 N–H and O–H groups in total. The van der Waals surface area contributed by atoms with Gasteiger partial charge in [0.15, 0.2) is 0 Å². The van der Waals surface area contributed by atoms with E-state index in [0.29, 0.717) is 17.7 Å². The lowest BCUT2D eigenvalue weighted by Crippen LogP contribution is -2.19. The fourth-order valence-electron chi connectivity index (χ4n) is 4.48. The fraction of sp³-hybridized carbons (Fsp3) is 0.179. The lowest BCUT2D eigenvalue weighted by Gasteiger charge is -2.17. The number of rotatable bonds is 6. The first kappa shape index (κ1) is 21.5. The molecule has 1 aliphatic heterocycles. The van der Waals surface area contributed by atoms with E-state index < -0.39 is 0 Å². The third kappa shape index (κ3) is 4.41. The second kappa shape index (κ2) is 9.63. The van der Waals surface area contributed by atoms with Crippen LogP contribution in [0.2, 0.25) is 0 Å². The molecule has 1 saturated heterocycles. The number of nitrogens with zero attached hydrogens (tertiary/aromatic N) is 4. The lowest BCUT2D eigenvalue weighted by atomic mass is 10.1. The maximum absolute atomic E-state index is 12.6. The molecule has 0 aliphatic carbocycles. The number of nitrogens with one attached hydrogen (secondary N) is 1. The largest absolute Gasteiger partial charge is 0.372 e. The van der Waals surface area contributed by atoms with Crippen molar-refractivity contribution in [1.29, 1.82) is 5.26 Å². The van der Waals surface area contributed by atoms with E-state index in [2.05, 4.69) is 26.1 Å². The molecule has 1 amide bonds. The van der Waals surface area contributed by atoms with Gasteiger partial charge in [-0.3, -0.25) is 4.79 Å². The molecule has 6 nitrogen and oxygen atoms in total. The van der Waals surface area contributed by atoms with Crippen LogP contribution in [-0.4, -0.2) is 29.8 Å². The third-order valence-electron chi connectivity index (χ3n) is 6.27. The zero-order valence-corrected chi connectivity index (χ0v) is 18.8. The molecule has 6 heteroatoms. The molecule has 1 aromatic heterocycles. The molecule has 4 aromatic rings. The molecule has 34 heavy (non-hydrogen) atoms. The summed E-state index contributed by atoms with van der Waals surface area (Å²) in [6, 6.07) is 25.6. The van der Waals surface area contributed by atoms with Gasteiger partial charge < -0.3 is 9.47 Å². The van der Waals surface area contributed by atoms with E-state index >= 15 is 0 Å². The van der Waals surface area contributed by atoms with Gasteiger partial charge >= 0.3 is 0 Å². The highest BCUT2D eigenvalue weighted by atomic mass is 16.2. The summed E-state index contributed by atoms with van der Waals surface area (Å²) in [7, 11) is 0. The number of anilines is 1. The first-order chi connectivity index (χ1) is 16.7. The van der Waals surface area contributed by atoms with Crippen molar-refractivity contribution in [2.24, 2.45) is 5.10 Å². The van der Waals surface area contributed by atoms with E-state index in [0.717, 1.165) is 40.8 Å². The minimum absolute atomic E-state index is 0.240. The van der Waals surface area contributed by atoms with Gasteiger partial charge in [0.25, 0.3) is 5.91 Å². The molecule has 0 atom stereocenters. The average Bonchev–Trinajstić information content (AvgIpc) is 3.54. The molecule has 0 spiro atoms. The number of para-hydroxylation sites is 1. The third-order valence-corrected chi connectivity index (χ3v) is 6.27. The molecule has 1 fully saturated rings. The van der Waals surface area contributed by atoms with Crippen molar-refractivity contribution in [1.82, 2.24) is 9.99 Å². The van der Waals surface area contributed by atoms with E-state index in [4.69, 9.17) is 0 Å². The summed E-state index contributed by atoms with van der Waals surface area (Å²) >= 11 is 0. The smallest absolute Gasteiger partial charge is 0.271 e. The summed E-state index contributed by atoms with van der Waals surface area (Å²) in [6.07, 6.45) is 6.11. The van der Waals surface area contributed by atoms with Crippen molar-refractivity contribution in [2.45, 2.75) is 19.4 Å². The number of carbonyl (C=O) groups is 1. The van der Waals surface area contributed by atoms with Crippen LogP contribution in [0.25, 0.3) is 10.9 Å². The second-order valence-electron chi connectivity index (χ2n) is 8.44. The monoisotopic (exact) mass is 447 g/mol. The Bertz CT molecular complexity index is 1390. The molecule has 0 unspecified atom stereocenters. The number of fused-ring (bicyclic) bond motifs is 1. The molecule has 0 bridgehead atoms. The van der Waals surface area contributed by atoms with Crippen LogP contribution in [0, 0.1) is 11.3 Å². The van der Waals surface area contributed by atoms with Gasteiger partial charge in [-0.15, -0.1) is 0 Å². The van der Waals surface area contributed by atoms with Crippen LogP contribution in [0.15, 0.2) is 84.1 Å². The van der Waals surface area contributed by atoms with Crippen molar-refractivity contribution in [3.05, 3.63) is 101 Å². The van der Waals surface area contributed by atoms with Gasteiger partial charge in [-0.1, -0.05) is 36.4 Å². The molecule has 3 aromatic carbocycles. The number of benzene rings is 3. The SMILES string of the molecule is N#Cc1ccccc1Cn1cc(/C=N\NC(=O)c2ccc(N3CCCC3)cc2)c2ccccc21. The van der Waals surface area contributed by atoms with Crippen molar-refractivity contribution < 1.29 is 4.79 Å². The minimum atomic E-state index is -0.240. The summed E-state index contributed by atoms with van der Waals surface area (Å²) in [4.78, 5) is 14.9. The van der Waals surface area contributed by atoms with Crippen LogP contribution in [-0.2, 0) is 6.54 Å². The van der Waals surface area contributed by atoms with Crippen LogP contribution < -0.4 is 10.3 Å². The van der Waals surface area contributed by atoms with Crippen molar-refractivity contribution in [2.75, 3.05) is 18.0 Å². The normalized spacial score (nSPS) is 13.4. The Morgan fingerprint density at radius 1 is 1.00 bits per heavy atom. The Hall–Kier alpha value is -4.37. The van der Waals surface area contributed by atoms with Crippen LogP contribution >= 0.6 is 0 Å². The quantitative estimate of drug-likeness (QED) is 0.337. The van der Waals surface area contributed by atoms with Crippen LogP contribution in [0.1, 0.15) is 39.9 Å². The van der Waals surface area contributed by atoms with E-state index in [1.807, 2.05) is 79.0 Å². The van der Waals surface area contributed by atoms with Crippen LogP contribution in [0.4, 0.5) is 5.69 Å². The molecule has 168 valence electrons. The van der Waals surface area contributed by atoms with Gasteiger partial charge in [0.05, 0.1) is 17.8 Å². The Kier molecular flexibility index (Phi) is 6.09. The van der Waals surface area contributed by atoms with E-state index in [9.17, 15) is 10.1 Å². The van der Waals surface area contributed by atoms with Gasteiger partial charge in [-0.05, 0) is 54.8 Å². The minimum Gasteiger partial charge on any atom is -0.372 e. The molecule has 2 heterocycles. The molecular formula is C28H25N5O. The van der Waals surface area contributed by atoms with Crippen LogP contribution in [0.3, 0.4) is 0 Å². The first-order valence-electron chi connectivity index (χ1n) is 11.5. The zero-order chi connectivity index (χ0) is 23.3. The lowest BCUT2D eigenvalue weighted by molar-refractivity contribution is 0.0955. The Morgan fingerprint density at radius 2 is 1.74 bits per heavy atom. The highest BCUT2D eigenvalue weighted by molar-refractivity contribution is 6.00. The topological polar surface area (TPSA) is 73.4 Å². The van der Waals surface area contributed by atoms with Gasteiger partial charge in [0.1, 0.15) is 0 Å². The number of hydrogen-bond donors (Lipinski definition) is 1. The maximum atomic E-state index is 12.6. The predicted octanol–water partition coefficient (Wildman–Crippen LogP) is 4.93. The second-order valence-corrected chi connectivity index (χ2v) is 8.44. The molecule has 5 rings (SSSR count). The predicted molar refractivity (Wildman–Crippen MR) is 135 cm³/mol. The standard InChI is InChI=1S/C28H25N5O/c29-17-22-7-1-2-8-23(22)19-33-20-24(26-9-3-4-10-27(26)33)18-30-31-28(34)21-11-13-25(14-12-21)32-15-5-6-16-32/h1-4,7-14,18,20H,5-6,15-16,19H2,(H,31,34)/b30-18-. The zero-order valence-electron chi connectivity index (χ0n) is 18.8. The van der Waals surface area contributed by atoms with Gasteiger partial charge in [-0.2, -0.15) is 10.4 Å². The summed E-state index contributed by atoms with van der Waals surface area (Å²) < 4.78 is 2.10. The number of nitriles is 1. The highest BCUT2D eigenvalue weighted by Gasteiger charge is 2.13. The summed E-state index contributed by atoms with van der Waals surface area (Å²) in [6.45, 7) is 2.73. The van der Waals surface area contributed by atoms with Crippen molar-refractivity contribution in [3.8, 4) is 6.07 Å². The number of hydrazone groups is 1. The van der Waals surface area contributed by atoms with Gasteiger partial charge in [-0.25, -0.2) is 5.43 Å². The average molecular weight is 448 g/mol. The van der Waals surface area contributed by atoms with E-state index in [1.165, 1.54) is 12.8 Å². The van der Waals surface area contributed by atoms with Crippen molar-refractivity contribution >= 4 is 28.7 Å². The molecule has 0 saturated carbocycles. The maximum Gasteiger partial charge on any atom is 0.271 e. The van der Waals surface area contributed by atoms with E-state index in [1.54, 1.807) is 6.21 Å². The fourth-order valence-corrected chi connectivity index (χ4v) is 4.48. The molecular weight excluding hydrogens is 422 g/mol. The van der Waals surface area contributed by atoms with Crippen molar-refractivity contribution in [3.63, 3.8) is 0 Å². The number of aromatic nitrogens is 1. The number of amides is 1. The number of carbonyl (C=O) groups excluding carboxylic acids is 1. The Morgan fingerprint density at radius 3 is 2.53 bits per heavy atom. The highest BCUT2D eigenvalue weighted by Crippen LogP contribution is 2.23. The molecule has 0 radical (unpaired) electrons. The van der Waals surface area contributed by atoms with Gasteiger partial charge in [0, 0.05) is 53.5 Å². The Labute approximate surface area is 198 Å². The van der Waals surface area contributed by atoms with Gasteiger partial charge in [0.2, 0.25) is 0 Å². The summed E-state index contributed by atoms with van der Waals surface area (Å²) in [5, 5.41) is 14.7. The molecule has 1 aliphatic rings. The first-order valence-corrected chi connectivity index (χ1v) is 11.5. The summed E-state index contributed by atoms with van der Waals surface area (Å²) in [5.74, 6) is -0.240. The van der Waals surface area contributed by atoms with E-state index in [-0.39, 0.29) is 5.91 Å². The summed E-state index contributed by atoms with van der Waals surface area (Å²) in [5.41, 5.74) is 7.94. The Balaban J connectivity index is 1.32. The van der Waals surface area contributed by atoms with Crippen LogP contribution in [0.5, 0.6) is 0 Å².